The predicted molar refractivity (Wildman–Crippen MR) is 69.5 cm³/mol. The molecular weight excluding hydrogens is 255 g/mol. The summed E-state index contributed by atoms with van der Waals surface area (Å²) in [7, 11) is -2.92. The van der Waals surface area contributed by atoms with Gasteiger partial charge in [-0.3, -0.25) is 4.57 Å². The lowest BCUT2D eigenvalue weighted by Crippen LogP contribution is -2.26. The second kappa shape index (κ2) is 5.26. The normalized spacial score (nSPS) is 12.5. The summed E-state index contributed by atoms with van der Waals surface area (Å²) >= 11 is 0. The number of hydrogen-bond donors (Lipinski definition) is 3. The van der Waals surface area contributed by atoms with E-state index in [1.165, 1.54) is 7.11 Å². The molecule has 0 aliphatic heterocycles. The minimum atomic E-state index is -4.33. The smallest absolute Gasteiger partial charge is 0.337 e. The number of methoxy groups -OCH3 is 1. The van der Waals surface area contributed by atoms with Gasteiger partial charge in [0.05, 0.1) is 18.5 Å². The molecule has 0 radical (unpaired) electrons. The lowest BCUT2D eigenvalue weighted by Gasteiger charge is -2.31. The van der Waals surface area contributed by atoms with Crippen molar-refractivity contribution in [2.45, 2.75) is 31.8 Å². The van der Waals surface area contributed by atoms with Crippen LogP contribution >= 0.6 is 7.60 Å². The van der Waals surface area contributed by atoms with E-state index in [-0.39, 0.29) is 18.7 Å². The minimum Gasteiger partial charge on any atom is -0.480 e. The number of aromatic nitrogens is 1. The SMILES string of the molecule is CCC(CC)(c1ccc(N)c(OC)n1)P(=O)(O)O. The number of rotatable bonds is 5. The van der Waals surface area contributed by atoms with E-state index in [9.17, 15) is 14.4 Å². The van der Waals surface area contributed by atoms with Crippen molar-refractivity contribution in [1.82, 2.24) is 4.98 Å². The summed E-state index contributed by atoms with van der Waals surface area (Å²) < 4.78 is 16.8. The van der Waals surface area contributed by atoms with E-state index in [1.54, 1.807) is 26.0 Å². The number of nitrogens with zero attached hydrogens (tertiary/aromatic N) is 1. The van der Waals surface area contributed by atoms with E-state index in [2.05, 4.69) is 4.98 Å². The topological polar surface area (TPSA) is 106 Å². The largest absolute Gasteiger partial charge is 0.480 e. The van der Waals surface area contributed by atoms with Crippen molar-refractivity contribution in [1.29, 1.82) is 0 Å². The van der Waals surface area contributed by atoms with E-state index in [0.29, 0.717) is 11.4 Å². The summed E-state index contributed by atoms with van der Waals surface area (Å²) in [5.41, 5.74) is 6.31. The van der Waals surface area contributed by atoms with Crippen molar-refractivity contribution < 1.29 is 19.1 Å². The van der Waals surface area contributed by atoms with Crippen LogP contribution in [-0.4, -0.2) is 21.9 Å². The highest BCUT2D eigenvalue weighted by molar-refractivity contribution is 7.53. The van der Waals surface area contributed by atoms with Crippen LogP contribution in [0.4, 0.5) is 5.69 Å². The summed E-state index contributed by atoms with van der Waals surface area (Å²) in [6, 6.07) is 3.10. The summed E-state index contributed by atoms with van der Waals surface area (Å²) in [4.78, 5) is 23.4. The minimum absolute atomic E-state index is 0.187. The molecule has 7 heteroatoms. The molecule has 1 aromatic heterocycles. The number of nitrogens with two attached hydrogens (primary N) is 1. The van der Waals surface area contributed by atoms with Crippen LogP contribution in [0.2, 0.25) is 0 Å². The first-order valence-corrected chi connectivity index (χ1v) is 7.30. The molecule has 0 aliphatic carbocycles. The van der Waals surface area contributed by atoms with Crippen LogP contribution in [-0.2, 0) is 9.72 Å². The van der Waals surface area contributed by atoms with Crippen LogP contribution in [0.25, 0.3) is 0 Å². The van der Waals surface area contributed by atoms with Crippen LogP contribution < -0.4 is 10.5 Å². The Morgan fingerprint density at radius 1 is 1.39 bits per heavy atom. The summed E-state index contributed by atoms with van der Waals surface area (Å²) in [6.45, 7) is 3.46. The van der Waals surface area contributed by atoms with Gasteiger partial charge in [0.15, 0.2) is 0 Å². The van der Waals surface area contributed by atoms with Gasteiger partial charge in [0.2, 0.25) is 5.88 Å². The van der Waals surface area contributed by atoms with Gasteiger partial charge in [0, 0.05) is 0 Å². The highest BCUT2D eigenvalue weighted by Gasteiger charge is 2.46. The molecule has 1 rings (SSSR count). The van der Waals surface area contributed by atoms with E-state index in [1.807, 2.05) is 0 Å². The van der Waals surface area contributed by atoms with Crippen molar-refractivity contribution >= 4 is 13.3 Å². The van der Waals surface area contributed by atoms with Crippen LogP contribution in [0.5, 0.6) is 5.88 Å². The highest BCUT2D eigenvalue weighted by Crippen LogP contribution is 2.60. The molecule has 18 heavy (non-hydrogen) atoms. The fourth-order valence-electron chi connectivity index (χ4n) is 2.05. The van der Waals surface area contributed by atoms with Gasteiger partial charge in [-0.15, -0.1) is 0 Å². The van der Waals surface area contributed by atoms with Crippen molar-refractivity contribution in [3.8, 4) is 5.88 Å². The molecule has 6 nitrogen and oxygen atoms in total. The maximum Gasteiger partial charge on any atom is 0.337 e. The maximum atomic E-state index is 11.8. The van der Waals surface area contributed by atoms with Crippen molar-refractivity contribution in [2.75, 3.05) is 12.8 Å². The third-order valence-corrected chi connectivity index (χ3v) is 5.26. The standard InChI is InChI=1S/C11H19N2O4P/c1-4-11(5-2,18(14,15)16)9-7-6-8(12)10(13-9)17-3/h6-7H,4-5,12H2,1-3H3,(H2,14,15,16). The first-order valence-electron chi connectivity index (χ1n) is 5.69. The number of pyridine rings is 1. The van der Waals surface area contributed by atoms with Crippen LogP contribution in [0.15, 0.2) is 12.1 Å². The van der Waals surface area contributed by atoms with Crippen LogP contribution in [0.3, 0.4) is 0 Å². The Labute approximate surface area is 106 Å². The zero-order valence-electron chi connectivity index (χ0n) is 10.8. The van der Waals surface area contributed by atoms with E-state index >= 15 is 0 Å². The first-order chi connectivity index (χ1) is 8.32. The number of nitrogen functional groups attached to an aromatic ring is 1. The van der Waals surface area contributed by atoms with Gasteiger partial charge in [-0.25, -0.2) is 4.98 Å². The zero-order valence-corrected chi connectivity index (χ0v) is 11.6. The average Bonchev–Trinajstić information content (AvgIpc) is 2.31. The Morgan fingerprint density at radius 3 is 2.33 bits per heavy atom. The second-order valence-electron chi connectivity index (χ2n) is 4.08. The molecule has 0 spiro atoms. The Morgan fingerprint density at radius 2 is 1.94 bits per heavy atom. The monoisotopic (exact) mass is 274 g/mol. The lowest BCUT2D eigenvalue weighted by atomic mass is 9.97. The fraction of sp³-hybridized carbons (Fsp3) is 0.545. The predicted octanol–water partition coefficient (Wildman–Crippen LogP) is 1.87. The van der Waals surface area contributed by atoms with Crippen molar-refractivity contribution in [3.05, 3.63) is 17.8 Å². The van der Waals surface area contributed by atoms with Gasteiger partial charge in [0.25, 0.3) is 0 Å². The molecule has 0 unspecified atom stereocenters. The zero-order chi connectivity index (χ0) is 14.0. The summed E-state index contributed by atoms with van der Waals surface area (Å²) in [5, 5.41) is -1.28. The third-order valence-electron chi connectivity index (χ3n) is 3.29. The van der Waals surface area contributed by atoms with Gasteiger partial charge in [-0.2, -0.15) is 0 Å². The molecule has 0 saturated carbocycles. The molecule has 0 fully saturated rings. The fourth-order valence-corrected chi connectivity index (χ4v) is 3.29. The molecule has 0 bridgehead atoms. The number of hydrogen-bond acceptors (Lipinski definition) is 4. The lowest BCUT2D eigenvalue weighted by molar-refractivity contribution is 0.310. The summed E-state index contributed by atoms with van der Waals surface area (Å²) in [5.74, 6) is 0.187. The number of anilines is 1. The molecule has 0 atom stereocenters. The van der Waals surface area contributed by atoms with E-state index in [0.717, 1.165) is 0 Å². The summed E-state index contributed by atoms with van der Waals surface area (Å²) in [6.07, 6.45) is 0.571. The van der Waals surface area contributed by atoms with Gasteiger partial charge >= 0.3 is 7.60 Å². The van der Waals surface area contributed by atoms with E-state index in [4.69, 9.17) is 10.5 Å². The van der Waals surface area contributed by atoms with Crippen LogP contribution in [0, 0.1) is 0 Å². The molecule has 102 valence electrons. The van der Waals surface area contributed by atoms with E-state index < -0.39 is 12.8 Å². The van der Waals surface area contributed by atoms with Gasteiger partial charge in [-0.05, 0) is 25.0 Å². The average molecular weight is 274 g/mol. The van der Waals surface area contributed by atoms with Crippen molar-refractivity contribution in [3.63, 3.8) is 0 Å². The molecule has 1 aromatic rings. The second-order valence-corrected chi connectivity index (χ2v) is 6.02. The Balaban J connectivity index is 3.44. The van der Waals surface area contributed by atoms with Gasteiger partial charge < -0.3 is 20.3 Å². The van der Waals surface area contributed by atoms with Gasteiger partial charge in [0.1, 0.15) is 5.16 Å². The quantitative estimate of drug-likeness (QED) is 0.708. The van der Waals surface area contributed by atoms with Crippen LogP contribution in [0.1, 0.15) is 32.4 Å². The molecule has 1 heterocycles. The molecule has 0 aromatic carbocycles. The molecule has 0 saturated heterocycles. The third kappa shape index (κ3) is 2.36. The van der Waals surface area contributed by atoms with Gasteiger partial charge in [-0.1, -0.05) is 13.8 Å². The number of ether oxygens (including phenoxy) is 1. The maximum absolute atomic E-state index is 11.8. The molecular formula is C11H19N2O4P. The highest BCUT2D eigenvalue weighted by atomic mass is 31.2. The van der Waals surface area contributed by atoms with Crippen molar-refractivity contribution in [2.24, 2.45) is 0 Å². The Bertz CT molecular complexity index is 468. The molecule has 4 N–H and O–H groups in total. The Hall–Kier alpha value is -1.10. The first kappa shape index (κ1) is 15.0. The molecule has 0 amide bonds. The molecule has 0 aliphatic rings. The Kier molecular flexibility index (Phi) is 4.37.